The summed E-state index contributed by atoms with van der Waals surface area (Å²) in [6.07, 6.45) is 11.9. The van der Waals surface area contributed by atoms with Crippen molar-refractivity contribution in [2.45, 2.75) is 130 Å². The number of hydrogen-bond donors (Lipinski definition) is 1. The number of alkyl carbamates (subject to hydrolysis) is 1. The molecule has 2 saturated carbocycles. The summed E-state index contributed by atoms with van der Waals surface area (Å²) in [5, 5.41) is 2.99. The SMILES string of the molecule is CC1=C2C[C@H]3[C@@H](CCC4=CC(=O)CC[C@@]43C)[C@@H]2CCC2(C1)O[C@@H]1C[C@H](C)CN(CCNC(=O)OC(C)(C)C)[C@H]1[C@H]2C. The van der Waals surface area contributed by atoms with Gasteiger partial charge < -0.3 is 14.8 Å². The molecular weight excluding hydrogens is 512 g/mol. The molecule has 1 unspecified atom stereocenters. The van der Waals surface area contributed by atoms with Gasteiger partial charge in [-0.2, -0.15) is 0 Å². The summed E-state index contributed by atoms with van der Waals surface area (Å²) in [5.74, 6) is 3.51. The second-order valence-corrected chi connectivity index (χ2v) is 16.0. The largest absolute Gasteiger partial charge is 0.444 e. The molecule has 6 nitrogen and oxygen atoms in total. The van der Waals surface area contributed by atoms with Crippen molar-refractivity contribution < 1.29 is 19.1 Å². The van der Waals surface area contributed by atoms with Gasteiger partial charge in [-0.1, -0.05) is 37.5 Å². The maximum absolute atomic E-state index is 12.3. The van der Waals surface area contributed by atoms with Crippen LogP contribution >= 0.6 is 0 Å². The Bertz CT molecular complexity index is 1140. The smallest absolute Gasteiger partial charge is 0.407 e. The van der Waals surface area contributed by atoms with Gasteiger partial charge in [0.2, 0.25) is 0 Å². The molecule has 9 atom stereocenters. The van der Waals surface area contributed by atoms with Gasteiger partial charge in [-0.05, 0) is 114 Å². The van der Waals surface area contributed by atoms with Crippen molar-refractivity contribution in [3.63, 3.8) is 0 Å². The van der Waals surface area contributed by atoms with Crippen molar-refractivity contribution in [3.8, 4) is 0 Å². The summed E-state index contributed by atoms with van der Waals surface area (Å²) in [4.78, 5) is 27.1. The van der Waals surface area contributed by atoms with Gasteiger partial charge in [0.05, 0.1) is 11.7 Å². The third-order valence-electron chi connectivity index (χ3n) is 12.2. The lowest BCUT2D eigenvalue weighted by Gasteiger charge is -2.48. The van der Waals surface area contributed by atoms with Crippen molar-refractivity contribution in [2.75, 3.05) is 19.6 Å². The predicted octanol–water partition coefficient (Wildman–Crippen LogP) is 6.84. The fourth-order valence-corrected chi connectivity index (χ4v) is 10.4. The molecule has 0 aromatic heterocycles. The first-order valence-electron chi connectivity index (χ1n) is 16.6. The van der Waals surface area contributed by atoms with E-state index in [1.807, 2.05) is 26.8 Å². The number of fused-ring (bicyclic) bond motifs is 6. The number of carbonyl (C=O) groups is 2. The zero-order chi connectivity index (χ0) is 29.3. The third-order valence-corrected chi connectivity index (χ3v) is 12.2. The molecule has 1 amide bonds. The first kappa shape index (κ1) is 29.4. The highest BCUT2D eigenvalue weighted by atomic mass is 16.6. The summed E-state index contributed by atoms with van der Waals surface area (Å²) in [7, 11) is 0. The first-order chi connectivity index (χ1) is 19.3. The molecule has 2 saturated heterocycles. The number of ketones is 1. The summed E-state index contributed by atoms with van der Waals surface area (Å²) in [6.45, 7) is 17.9. The van der Waals surface area contributed by atoms with Crippen LogP contribution in [0.4, 0.5) is 4.79 Å². The lowest BCUT2D eigenvalue weighted by molar-refractivity contribution is -0.116. The molecule has 4 aliphatic carbocycles. The van der Waals surface area contributed by atoms with Crippen LogP contribution in [0.5, 0.6) is 0 Å². The molecule has 1 N–H and O–H groups in total. The van der Waals surface area contributed by atoms with E-state index in [1.165, 1.54) is 24.8 Å². The van der Waals surface area contributed by atoms with Gasteiger partial charge >= 0.3 is 6.09 Å². The molecule has 2 heterocycles. The number of rotatable bonds is 3. The predicted molar refractivity (Wildman–Crippen MR) is 161 cm³/mol. The Kier molecular flexibility index (Phi) is 7.54. The number of amides is 1. The van der Waals surface area contributed by atoms with Gasteiger partial charge in [0.15, 0.2) is 5.78 Å². The number of hydrogen-bond acceptors (Lipinski definition) is 5. The number of nitrogens with one attached hydrogen (secondary N) is 1. The van der Waals surface area contributed by atoms with Crippen LogP contribution in [-0.2, 0) is 14.3 Å². The maximum atomic E-state index is 12.3. The van der Waals surface area contributed by atoms with Crippen LogP contribution in [0.2, 0.25) is 0 Å². The van der Waals surface area contributed by atoms with Gasteiger partial charge in [0.1, 0.15) is 5.60 Å². The molecule has 0 aromatic carbocycles. The fraction of sp³-hybridized carbons (Fsp3) is 0.829. The van der Waals surface area contributed by atoms with Crippen LogP contribution in [0.25, 0.3) is 0 Å². The highest BCUT2D eigenvalue weighted by Gasteiger charge is 2.59. The van der Waals surface area contributed by atoms with E-state index in [2.05, 4.69) is 37.9 Å². The average Bonchev–Trinajstić information content (AvgIpc) is 3.33. The minimum Gasteiger partial charge on any atom is -0.444 e. The number of likely N-dealkylation sites (tertiary alicyclic amines) is 1. The summed E-state index contributed by atoms with van der Waals surface area (Å²) in [5.41, 5.74) is 4.43. The molecular formula is C35H54N2O4. The molecule has 6 heteroatoms. The summed E-state index contributed by atoms with van der Waals surface area (Å²) >= 11 is 0. The zero-order valence-corrected chi connectivity index (χ0v) is 26.7. The summed E-state index contributed by atoms with van der Waals surface area (Å²) in [6, 6.07) is 0.399. The van der Waals surface area contributed by atoms with E-state index in [0.717, 1.165) is 57.5 Å². The Morgan fingerprint density at radius 1 is 1.20 bits per heavy atom. The van der Waals surface area contributed by atoms with E-state index in [1.54, 1.807) is 11.1 Å². The number of nitrogens with zero attached hydrogens (tertiary/aromatic N) is 1. The molecule has 1 spiro atoms. The topological polar surface area (TPSA) is 67.9 Å². The van der Waals surface area contributed by atoms with E-state index < -0.39 is 5.60 Å². The van der Waals surface area contributed by atoms with Gasteiger partial charge in [-0.15, -0.1) is 0 Å². The maximum Gasteiger partial charge on any atom is 0.407 e. The lowest BCUT2D eigenvalue weighted by Crippen LogP contribution is -2.53. The Hall–Kier alpha value is -1.66. The molecule has 2 aliphatic heterocycles. The van der Waals surface area contributed by atoms with Gasteiger partial charge in [0, 0.05) is 38.0 Å². The van der Waals surface area contributed by atoms with E-state index in [0.29, 0.717) is 42.0 Å². The molecule has 0 bridgehead atoms. The molecule has 6 rings (SSSR count). The minimum absolute atomic E-state index is 0.0892. The number of carbonyl (C=O) groups excluding carboxylic acids is 2. The van der Waals surface area contributed by atoms with Gasteiger partial charge in [0.25, 0.3) is 0 Å². The first-order valence-corrected chi connectivity index (χ1v) is 16.6. The van der Waals surface area contributed by atoms with E-state index in [-0.39, 0.29) is 23.2 Å². The second-order valence-electron chi connectivity index (χ2n) is 16.0. The minimum atomic E-state index is -0.483. The molecule has 4 fully saturated rings. The quantitative estimate of drug-likeness (QED) is 0.379. The second kappa shape index (κ2) is 10.5. The molecule has 6 aliphatic rings. The van der Waals surface area contributed by atoms with Crippen molar-refractivity contribution in [3.05, 3.63) is 22.8 Å². The van der Waals surface area contributed by atoms with Crippen molar-refractivity contribution in [1.82, 2.24) is 10.2 Å². The van der Waals surface area contributed by atoms with Crippen LogP contribution < -0.4 is 5.32 Å². The van der Waals surface area contributed by atoms with Crippen LogP contribution in [0.15, 0.2) is 22.8 Å². The fourth-order valence-electron chi connectivity index (χ4n) is 10.4. The van der Waals surface area contributed by atoms with Crippen LogP contribution in [0, 0.1) is 35.0 Å². The normalized spacial score (nSPS) is 42.7. The molecule has 0 aromatic rings. The Labute approximate surface area is 248 Å². The van der Waals surface area contributed by atoms with E-state index in [9.17, 15) is 9.59 Å². The zero-order valence-electron chi connectivity index (χ0n) is 26.7. The standard InChI is InChI=1S/C35H54N2O4/c1-21-16-30-31(37(20-21)15-14-36-32(39)41-33(4,5)6)23(3)35(40-30)13-11-26-27-9-8-24-17-25(38)10-12-34(24,7)29(27)18-28(26)22(2)19-35/h17,21,23,26-27,29-31H,8-16,18-20H2,1-7H3,(H,36,39)/t21-,23+,26-,27-,29-,30+,31-,34-,35?/m0/s1. The molecule has 0 radical (unpaired) electrons. The number of ether oxygens (including phenoxy) is 2. The van der Waals surface area contributed by atoms with Crippen molar-refractivity contribution in [2.24, 2.45) is 35.0 Å². The highest BCUT2D eigenvalue weighted by Crippen LogP contribution is 2.64. The van der Waals surface area contributed by atoms with Gasteiger partial charge in [-0.3, -0.25) is 9.69 Å². The molecule has 41 heavy (non-hydrogen) atoms. The summed E-state index contributed by atoms with van der Waals surface area (Å²) < 4.78 is 12.7. The Morgan fingerprint density at radius 3 is 2.73 bits per heavy atom. The van der Waals surface area contributed by atoms with Crippen molar-refractivity contribution in [1.29, 1.82) is 0 Å². The van der Waals surface area contributed by atoms with E-state index in [4.69, 9.17) is 9.47 Å². The number of allylic oxidation sites excluding steroid dienone is 3. The van der Waals surface area contributed by atoms with Crippen molar-refractivity contribution >= 4 is 11.9 Å². The van der Waals surface area contributed by atoms with Crippen LogP contribution in [0.3, 0.4) is 0 Å². The Balaban J connectivity index is 1.18. The average molecular weight is 567 g/mol. The van der Waals surface area contributed by atoms with Crippen LogP contribution in [-0.4, -0.2) is 59.8 Å². The van der Waals surface area contributed by atoms with Crippen LogP contribution in [0.1, 0.15) is 106 Å². The third kappa shape index (κ3) is 5.24. The van der Waals surface area contributed by atoms with Gasteiger partial charge in [-0.25, -0.2) is 4.79 Å². The monoisotopic (exact) mass is 566 g/mol. The highest BCUT2D eigenvalue weighted by molar-refractivity contribution is 5.91. The molecule has 228 valence electrons. The Morgan fingerprint density at radius 2 is 1.98 bits per heavy atom. The number of piperidine rings is 1. The lowest BCUT2D eigenvalue weighted by atomic mass is 9.56. The van der Waals surface area contributed by atoms with E-state index >= 15 is 0 Å².